The summed E-state index contributed by atoms with van der Waals surface area (Å²) in [6.45, 7) is 6.60. The zero-order valence-corrected chi connectivity index (χ0v) is 21.0. The van der Waals surface area contributed by atoms with Crippen molar-refractivity contribution in [1.29, 1.82) is 0 Å². The molecule has 7 nitrogen and oxygen atoms in total. The van der Waals surface area contributed by atoms with Crippen LogP contribution in [0, 0.1) is 12.7 Å². The Morgan fingerprint density at radius 1 is 1.14 bits per heavy atom. The van der Waals surface area contributed by atoms with Crippen molar-refractivity contribution in [2.45, 2.75) is 33.9 Å². The number of carbonyl (C=O) groups is 1. The lowest BCUT2D eigenvalue weighted by atomic mass is 10.0. The van der Waals surface area contributed by atoms with Crippen molar-refractivity contribution in [2.24, 2.45) is 10.7 Å². The fraction of sp³-hybridized carbons (Fsp3) is 0.200. The molecule has 2 aromatic heterocycles. The Labute approximate surface area is 215 Å². The van der Waals surface area contributed by atoms with Gasteiger partial charge in [-0.05, 0) is 58.0 Å². The minimum Gasteiger partial charge on any atom is -0.366 e. The van der Waals surface area contributed by atoms with Gasteiger partial charge < -0.3 is 11.1 Å². The Bertz CT molecular complexity index is 1440. The van der Waals surface area contributed by atoms with Crippen molar-refractivity contribution in [2.75, 3.05) is 5.32 Å². The van der Waals surface area contributed by atoms with Crippen LogP contribution in [0.3, 0.4) is 0 Å². The molecule has 0 aliphatic heterocycles. The third-order valence-corrected chi connectivity index (χ3v) is 5.19. The van der Waals surface area contributed by atoms with E-state index < -0.39 is 23.6 Å². The highest BCUT2D eigenvalue weighted by molar-refractivity contribution is 6.31. The minimum absolute atomic E-state index is 0.0100. The number of carbonyl (C=O) groups excluding carboxylic acids is 1. The molecule has 0 radical (unpaired) electrons. The number of allylic oxidation sites excluding steroid dienone is 3. The predicted octanol–water partition coefficient (Wildman–Crippen LogP) is 6.32. The van der Waals surface area contributed by atoms with E-state index in [1.165, 1.54) is 37.5 Å². The summed E-state index contributed by atoms with van der Waals surface area (Å²) < 4.78 is 55.1. The van der Waals surface area contributed by atoms with Gasteiger partial charge in [0.2, 0.25) is 5.91 Å². The van der Waals surface area contributed by atoms with E-state index in [0.717, 1.165) is 22.4 Å². The maximum Gasteiger partial charge on any atom is 0.435 e. The van der Waals surface area contributed by atoms with Crippen molar-refractivity contribution in [3.05, 3.63) is 87.7 Å². The van der Waals surface area contributed by atoms with Crippen LogP contribution < -0.4 is 11.1 Å². The Hall–Kier alpha value is -3.99. The molecule has 3 aromatic rings. The monoisotopic (exact) mass is 534 g/mol. The molecule has 0 atom stereocenters. The van der Waals surface area contributed by atoms with Crippen LogP contribution in [0.25, 0.3) is 11.4 Å². The first-order chi connectivity index (χ1) is 17.3. The average Bonchev–Trinajstić information content (AvgIpc) is 3.20. The normalized spacial score (nSPS) is 12.7. The Morgan fingerprint density at radius 3 is 2.38 bits per heavy atom. The van der Waals surface area contributed by atoms with Gasteiger partial charge in [0.15, 0.2) is 11.5 Å². The lowest BCUT2D eigenvalue weighted by molar-refractivity contribution is -0.141. The number of alkyl halides is 3. The van der Waals surface area contributed by atoms with E-state index in [1.807, 2.05) is 0 Å². The predicted molar refractivity (Wildman–Crippen MR) is 135 cm³/mol. The van der Waals surface area contributed by atoms with Crippen LogP contribution in [0.15, 0.2) is 59.4 Å². The van der Waals surface area contributed by atoms with Gasteiger partial charge in [0.1, 0.15) is 11.7 Å². The average molecular weight is 535 g/mol. The van der Waals surface area contributed by atoms with E-state index in [-0.39, 0.29) is 27.9 Å². The lowest BCUT2D eigenvalue weighted by Gasteiger charge is -2.15. The van der Waals surface area contributed by atoms with Crippen LogP contribution in [-0.2, 0) is 6.18 Å². The number of benzene rings is 1. The molecule has 0 unspecified atom stereocenters. The summed E-state index contributed by atoms with van der Waals surface area (Å²) in [5.41, 5.74) is 6.45. The van der Waals surface area contributed by atoms with E-state index in [4.69, 9.17) is 17.3 Å². The molecular weight excluding hydrogens is 512 g/mol. The number of hydrogen-bond acceptors (Lipinski definition) is 4. The maximum absolute atomic E-state index is 13.6. The van der Waals surface area contributed by atoms with Gasteiger partial charge in [-0.15, -0.1) is 0 Å². The topological polar surface area (TPSA) is 98.2 Å². The van der Waals surface area contributed by atoms with Crippen molar-refractivity contribution in [3.63, 3.8) is 0 Å². The van der Waals surface area contributed by atoms with E-state index in [0.29, 0.717) is 16.8 Å². The summed E-state index contributed by atoms with van der Waals surface area (Å²) in [7, 11) is 0. The summed E-state index contributed by atoms with van der Waals surface area (Å²) in [6, 6.07) is 6.30. The number of pyridine rings is 1. The third-order valence-electron chi connectivity index (χ3n) is 4.90. The Kier molecular flexibility index (Phi) is 8.17. The van der Waals surface area contributed by atoms with Gasteiger partial charge in [0, 0.05) is 34.9 Å². The molecule has 0 fully saturated rings. The Balaban J connectivity index is 2.31. The number of rotatable bonds is 6. The molecule has 0 spiro atoms. The summed E-state index contributed by atoms with van der Waals surface area (Å²) >= 11 is 5.86. The molecule has 194 valence electrons. The molecule has 3 rings (SSSR count). The molecule has 0 aliphatic carbocycles. The van der Waals surface area contributed by atoms with Crippen molar-refractivity contribution >= 4 is 40.4 Å². The molecule has 3 N–H and O–H groups in total. The van der Waals surface area contributed by atoms with Gasteiger partial charge in [0.25, 0.3) is 0 Å². The molecule has 0 bridgehead atoms. The molecule has 37 heavy (non-hydrogen) atoms. The number of hydrogen-bond donors (Lipinski definition) is 2. The molecular formula is C25H23ClF4N6O. The second kappa shape index (κ2) is 11.0. The van der Waals surface area contributed by atoms with E-state index in [9.17, 15) is 22.4 Å². The molecule has 0 aliphatic rings. The number of amidine groups is 1. The number of amides is 1. The Morgan fingerprint density at radius 2 is 1.81 bits per heavy atom. The van der Waals surface area contributed by atoms with Crippen LogP contribution in [0.2, 0.25) is 5.02 Å². The zero-order valence-electron chi connectivity index (χ0n) is 20.3. The minimum atomic E-state index is -4.69. The van der Waals surface area contributed by atoms with Gasteiger partial charge in [-0.25, -0.2) is 14.1 Å². The quantitative estimate of drug-likeness (QED) is 0.167. The fourth-order valence-electron chi connectivity index (χ4n) is 3.31. The first kappa shape index (κ1) is 27.6. The number of primary amides is 1. The largest absolute Gasteiger partial charge is 0.435 e. The first-order valence-electron chi connectivity index (χ1n) is 10.8. The molecule has 0 saturated carbocycles. The van der Waals surface area contributed by atoms with Crippen LogP contribution in [-0.4, -0.2) is 26.5 Å². The number of aliphatic imine (C=N–C) groups is 1. The number of nitrogens with zero attached hydrogens (tertiary/aromatic N) is 4. The van der Waals surface area contributed by atoms with Crippen LogP contribution >= 0.6 is 11.6 Å². The van der Waals surface area contributed by atoms with E-state index in [2.05, 4.69) is 20.4 Å². The highest BCUT2D eigenvalue weighted by Crippen LogP contribution is 2.32. The van der Waals surface area contributed by atoms with Gasteiger partial charge in [0.05, 0.1) is 10.6 Å². The summed E-state index contributed by atoms with van der Waals surface area (Å²) in [5, 5.41) is 6.59. The SMILES string of the molecule is CC(C)=C/C(=C(\N=C(/C)Nc1ccc(F)c(Cl)c1)n1nc(C(F)(F)F)cc1C)c1cncc(C(N)=O)c1. The van der Waals surface area contributed by atoms with Crippen molar-refractivity contribution in [1.82, 2.24) is 14.8 Å². The molecule has 1 amide bonds. The zero-order chi connectivity index (χ0) is 27.5. The highest BCUT2D eigenvalue weighted by Gasteiger charge is 2.35. The molecule has 0 saturated heterocycles. The van der Waals surface area contributed by atoms with Gasteiger partial charge >= 0.3 is 6.18 Å². The van der Waals surface area contributed by atoms with Crippen LogP contribution in [0.4, 0.5) is 23.2 Å². The summed E-state index contributed by atoms with van der Waals surface area (Å²) in [5.74, 6) is -1.09. The summed E-state index contributed by atoms with van der Waals surface area (Å²) in [4.78, 5) is 20.4. The van der Waals surface area contributed by atoms with Gasteiger partial charge in [-0.2, -0.15) is 18.3 Å². The molecule has 1 aromatic carbocycles. The molecule has 2 heterocycles. The summed E-state index contributed by atoms with van der Waals surface area (Å²) in [6.07, 6.45) is -0.298. The molecule has 12 heteroatoms. The highest BCUT2D eigenvalue weighted by atomic mass is 35.5. The van der Waals surface area contributed by atoms with Gasteiger partial charge in [-0.1, -0.05) is 23.3 Å². The second-order valence-corrected chi connectivity index (χ2v) is 8.72. The van der Waals surface area contributed by atoms with Crippen molar-refractivity contribution in [3.8, 4) is 0 Å². The van der Waals surface area contributed by atoms with Crippen LogP contribution in [0.5, 0.6) is 0 Å². The second-order valence-electron chi connectivity index (χ2n) is 8.32. The first-order valence-corrected chi connectivity index (χ1v) is 11.2. The number of anilines is 1. The van der Waals surface area contributed by atoms with E-state index in [1.54, 1.807) is 26.8 Å². The third kappa shape index (κ3) is 6.82. The number of aryl methyl sites for hydroxylation is 1. The standard InChI is InChI=1S/C25H23ClF4N6O/c1-13(2)7-19(16-9-17(23(31)37)12-32-11-16)24(36-14(3)8-22(35-36)25(28,29)30)34-15(4)33-18-5-6-21(27)20(26)10-18/h5-12H,1-4H3,(H2,31,37)(H,33,34)/b24-19-. The van der Waals surface area contributed by atoms with Gasteiger partial charge in [-0.3, -0.25) is 9.78 Å². The maximum atomic E-state index is 13.6. The number of aromatic nitrogens is 3. The van der Waals surface area contributed by atoms with E-state index >= 15 is 0 Å². The van der Waals surface area contributed by atoms with Crippen molar-refractivity contribution < 1.29 is 22.4 Å². The smallest absolute Gasteiger partial charge is 0.366 e. The number of nitrogens with two attached hydrogens (primary N) is 1. The number of nitrogens with one attached hydrogen (secondary N) is 1. The fourth-order valence-corrected chi connectivity index (χ4v) is 3.49. The lowest BCUT2D eigenvalue weighted by Crippen LogP contribution is -2.13. The van der Waals surface area contributed by atoms with Crippen LogP contribution in [0.1, 0.15) is 48.1 Å². The number of halogens is 5.